The molecule has 0 aliphatic rings. The quantitative estimate of drug-likeness (QED) is 0.651. The first-order valence-corrected chi connectivity index (χ1v) is 8.78. The molecule has 0 atom stereocenters. The summed E-state index contributed by atoms with van der Waals surface area (Å²) >= 11 is 5.29. The van der Waals surface area contributed by atoms with E-state index in [0.717, 1.165) is 4.88 Å². The molecule has 0 bridgehead atoms. The lowest BCUT2D eigenvalue weighted by atomic mass is 10.3. The van der Waals surface area contributed by atoms with Crippen molar-refractivity contribution < 1.29 is 5.11 Å². The minimum atomic E-state index is 0.126. The van der Waals surface area contributed by atoms with Gasteiger partial charge < -0.3 is 5.11 Å². The average Bonchev–Trinajstić information content (AvgIpc) is 3.18. The van der Waals surface area contributed by atoms with Gasteiger partial charge in [-0.25, -0.2) is 0 Å². The van der Waals surface area contributed by atoms with Gasteiger partial charge in [0.2, 0.25) is 0 Å². The largest absolute Gasteiger partial charge is 0.391 e. The van der Waals surface area contributed by atoms with Crippen LogP contribution in [-0.2, 0) is 6.61 Å². The molecule has 0 aliphatic heterocycles. The number of hydrogen-bond donors (Lipinski definition) is 1. The van der Waals surface area contributed by atoms with Crippen molar-refractivity contribution in [1.29, 1.82) is 0 Å². The second-order valence-electron chi connectivity index (χ2n) is 4.29. The first-order chi connectivity index (χ1) is 9.80. The van der Waals surface area contributed by atoms with Gasteiger partial charge in [0.15, 0.2) is 0 Å². The van der Waals surface area contributed by atoms with Crippen LogP contribution >= 0.6 is 34.0 Å². The minimum absolute atomic E-state index is 0.126. The minimum Gasteiger partial charge on any atom is -0.391 e. The summed E-state index contributed by atoms with van der Waals surface area (Å²) in [5.74, 6) is 0. The second kappa shape index (κ2) is 6.06. The van der Waals surface area contributed by atoms with Gasteiger partial charge in [-0.05, 0) is 49.4 Å². The third-order valence-electron chi connectivity index (χ3n) is 2.87. The Morgan fingerprint density at radius 1 is 0.850 bits per heavy atom. The van der Waals surface area contributed by atoms with Gasteiger partial charge in [-0.15, -0.1) is 34.0 Å². The lowest BCUT2D eigenvalue weighted by Crippen LogP contribution is -1.69. The highest BCUT2D eigenvalue weighted by Gasteiger charge is 2.08. The van der Waals surface area contributed by atoms with E-state index in [1.807, 2.05) is 35.7 Å². The van der Waals surface area contributed by atoms with Gasteiger partial charge >= 0.3 is 0 Å². The van der Waals surface area contributed by atoms with Crippen LogP contribution in [0.1, 0.15) is 16.7 Å². The average molecular weight is 318 g/mol. The van der Waals surface area contributed by atoms with E-state index in [9.17, 15) is 0 Å². The summed E-state index contributed by atoms with van der Waals surface area (Å²) in [6.45, 7) is 2.17. The molecule has 0 unspecified atom stereocenters. The lowest BCUT2D eigenvalue weighted by molar-refractivity contribution is 0.285. The zero-order valence-electron chi connectivity index (χ0n) is 11.0. The Balaban J connectivity index is 1.88. The molecule has 0 aromatic carbocycles. The molecule has 0 amide bonds. The van der Waals surface area contributed by atoms with Crippen LogP contribution in [-0.4, -0.2) is 5.11 Å². The van der Waals surface area contributed by atoms with Gasteiger partial charge in [0.25, 0.3) is 0 Å². The van der Waals surface area contributed by atoms with Gasteiger partial charge in [-0.2, -0.15) is 0 Å². The molecule has 0 radical (unpaired) electrons. The monoisotopic (exact) mass is 318 g/mol. The van der Waals surface area contributed by atoms with E-state index in [2.05, 4.69) is 42.5 Å². The standard InChI is InChI=1S/C16H14OS3/c1-2-3-11-4-6-13(18-11)15-8-9-16(20-15)14-7-5-12(10-17)19-14/h2-9,17H,10H2,1H3/b3-2-. The third-order valence-corrected chi connectivity index (χ3v) is 6.46. The zero-order valence-corrected chi connectivity index (χ0v) is 13.4. The normalized spacial score (nSPS) is 11.5. The van der Waals surface area contributed by atoms with Gasteiger partial charge in [-0.1, -0.05) is 6.08 Å². The first-order valence-electron chi connectivity index (χ1n) is 6.33. The van der Waals surface area contributed by atoms with Crippen molar-refractivity contribution >= 4 is 40.1 Å². The van der Waals surface area contributed by atoms with E-state index in [0.29, 0.717) is 0 Å². The Morgan fingerprint density at radius 3 is 2.10 bits per heavy atom. The highest BCUT2D eigenvalue weighted by molar-refractivity contribution is 7.26. The second-order valence-corrected chi connectivity index (χ2v) is 7.66. The van der Waals surface area contributed by atoms with Crippen LogP contribution in [0.4, 0.5) is 0 Å². The first kappa shape index (κ1) is 13.8. The molecule has 0 fully saturated rings. The third kappa shape index (κ3) is 2.79. The molecule has 0 spiro atoms. The Bertz CT molecular complexity index is 730. The van der Waals surface area contributed by atoms with E-state index in [-0.39, 0.29) is 6.61 Å². The Labute approximate surface area is 130 Å². The van der Waals surface area contributed by atoms with Gasteiger partial charge in [-0.3, -0.25) is 0 Å². The highest BCUT2D eigenvalue weighted by Crippen LogP contribution is 2.40. The molecule has 20 heavy (non-hydrogen) atoms. The molecule has 3 rings (SSSR count). The van der Waals surface area contributed by atoms with Gasteiger partial charge in [0.05, 0.1) is 6.61 Å². The summed E-state index contributed by atoms with van der Waals surface area (Å²) in [4.78, 5) is 7.42. The maximum Gasteiger partial charge on any atom is 0.0774 e. The van der Waals surface area contributed by atoms with Crippen molar-refractivity contribution in [2.75, 3.05) is 0 Å². The molecule has 0 saturated heterocycles. The van der Waals surface area contributed by atoms with E-state index < -0.39 is 0 Å². The van der Waals surface area contributed by atoms with Gasteiger partial charge in [0, 0.05) is 29.3 Å². The molecule has 3 aromatic heterocycles. The van der Waals surface area contributed by atoms with Crippen LogP contribution in [0.2, 0.25) is 0 Å². The van der Waals surface area contributed by atoms with Crippen molar-refractivity contribution in [2.24, 2.45) is 0 Å². The molecule has 1 N–H and O–H groups in total. The number of allylic oxidation sites excluding steroid dienone is 1. The summed E-state index contributed by atoms with van der Waals surface area (Å²) in [7, 11) is 0. The smallest absolute Gasteiger partial charge is 0.0774 e. The van der Waals surface area contributed by atoms with Crippen molar-refractivity contribution in [3.8, 4) is 19.5 Å². The number of aliphatic hydroxyl groups excluding tert-OH is 1. The summed E-state index contributed by atoms with van der Waals surface area (Å²) in [6.07, 6.45) is 4.20. The fourth-order valence-electron chi connectivity index (χ4n) is 1.94. The molecule has 4 heteroatoms. The maximum atomic E-state index is 9.14. The summed E-state index contributed by atoms with van der Waals surface area (Å²) in [5, 5.41) is 9.14. The summed E-state index contributed by atoms with van der Waals surface area (Å²) in [6, 6.07) is 12.8. The molecule has 1 nitrogen and oxygen atoms in total. The van der Waals surface area contributed by atoms with Crippen molar-refractivity contribution in [1.82, 2.24) is 0 Å². The van der Waals surface area contributed by atoms with Crippen LogP contribution in [0.15, 0.2) is 42.5 Å². The molecule has 102 valence electrons. The Hall–Kier alpha value is -1.20. The molecule has 3 heterocycles. The number of rotatable bonds is 4. The van der Waals surface area contributed by atoms with Crippen LogP contribution in [0, 0.1) is 0 Å². The van der Waals surface area contributed by atoms with Crippen LogP contribution < -0.4 is 0 Å². The fourth-order valence-corrected chi connectivity index (χ4v) is 4.97. The number of thiophene rings is 3. The van der Waals surface area contributed by atoms with E-state index in [4.69, 9.17) is 5.11 Å². The fraction of sp³-hybridized carbons (Fsp3) is 0.125. The van der Waals surface area contributed by atoms with E-state index in [1.165, 1.54) is 24.4 Å². The Morgan fingerprint density at radius 2 is 1.45 bits per heavy atom. The molecular weight excluding hydrogens is 304 g/mol. The molecular formula is C16H14OS3. The van der Waals surface area contributed by atoms with Gasteiger partial charge in [0.1, 0.15) is 0 Å². The number of aliphatic hydroxyl groups is 1. The zero-order chi connectivity index (χ0) is 13.9. The summed E-state index contributed by atoms with van der Waals surface area (Å²) < 4.78 is 0. The SMILES string of the molecule is C/C=C\c1ccc(-c2ccc(-c3ccc(CO)s3)s2)s1. The van der Waals surface area contributed by atoms with Crippen molar-refractivity contribution in [3.63, 3.8) is 0 Å². The molecule has 0 saturated carbocycles. The topological polar surface area (TPSA) is 20.2 Å². The lowest BCUT2D eigenvalue weighted by Gasteiger charge is -1.91. The molecule has 3 aromatic rings. The van der Waals surface area contributed by atoms with Crippen LogP contribution in [0.25, 0.3) is 25.6 Å². The van der Waals surface area contributed by atoms with Crippen LogP contribution in [0.3, 0.4) is 0 Å². The van der Waals surface area contributed by atoms with Crippen molar-refractivity contribution in [3.05, 3.63) is 52.2 Å². The van der Waals surface area contributed by atoms with Crippen molar-refractivity contribution in [2.45, 2.75) is 13.5 Å². The predicted octanol–water partition coefficient (Wildman–Crippen LogP) is 5.73. The maximum absolute atomic E-state index is 9.14. The summed E-state index contributed by atoms with van der Waals surface area (Å²) in [5.41, 5.74) is 0. The van der Waals surface area contributed by atoms with E-state index >= 15 is 0 Å². The van der Waals surface area contributed by atoms with E-state index in [1.54, 1.807) is 11.3 Å². The Kier molecular flexibility index (Phi) is 4.17. The highest BCUT2D eigenvalue weighted by atomic mass is 32.1. The number of hydrogen-bond acceptors (Lipinski definition) is 4. The molecule has 0 aliphatic carbocycles. The van der Waals surface area contributed by atoms with Crippen LogP contribution in [0.5, 0.6) is 0 Å². The predicted molar refractivity (Wildman–Crippen MR) is 91.6 cm³/mol.